The van der Waals surface area contributed by atoms with E-state index in [9.17, 15) is 10.2 Å². The molecule has 2 aromatic rings. The first-order chi connectivity index (χ1) is 13.3. The van der Waals surface area contributed by atoms with Gasteiger partial charge in [0, 0.05) is 30.3 Å². The molecular weight excluding hydrogens is 660 g/mol. The van der Waals surface area contributed by atoms with Crippen molar-refractivity contribution in [3.05, 3.63) is 65.4 Å². The van der Waals surface area contributed by atoms with Crippen LogP contribution in [0.1, 0.15) is 11.1 Å². The normalized spacial score (nSPS) is 14.1. The van der Waals surface area contributed by atoms with Gasteiger partial charge in [-0.3, -0.25) is 9.98 Å². The summed E-state index contributed by atoms with van der Waals surface area (Å²) in [5.41, 5.74) is 1.78. The van der Waals surface area contributed by atoms with E-state index < -0.39 is 12.5 Å². The maximum Gasteiger partial charge on any atom is 0.154 e. The molecule has 0 aliphatic carbocycles. The van der Waals surface area contributed by atoms with Crippen LogP contribution in [0.25, 0.3) is 0 Å². The van der Waals surface area contributed by atoms with E-state index in [0.717, 1.165) is 29.0 Å². The third-order valence-corrected chi connectivity index (χ3v) is 7.26. The van der Waals surface area contributed by atoms with Crippen molar-refractivity contribution < 1.29 is 10.2 Å². The van der Waals surface area contributed by atoms with Gasteiger partial charge in [-0.15, -0.1) is 0 Å². The maximum atomic E-state index is 9.96. The first-order valence-electron chi connectivity index (χ1n) is 7.91. The van der Waals surface area contributed by atoms with Crippen LogP contribution in [0, 0.1) is 0 Å². The minimum absolute atomic E-state index is 0.422. The van der Waals surface area contributed by atoms with Crippen LogP contribution in [-0.4, -0.2) is 46.6 Å². The highest BCUT2D eigenvalue weighted by atomic mass is 79.9. The monoisotopic (exact) mass is 672 g/mol. The third-order valence-electron chi connectivity index (χ3n) is 3.08. The predicted octanol–water partition coefficient (Wildman–Crippen LogP) is 6.29. The van der Waals surface area contributed by atoms with Gasteiger partial charge in [0.15, 0.2) is 12.5 Å². The molecule has 0 saturated carbocycles. The molecule has 0 heterocycles. The lowest BCUT2D eigenvalue weighted by molar-refractivity contribution is 0.210. The van der Waals surface area contributed by atoms with Gasteiger partial charge in [-0.1, -0.05) is 85.3 Å². The van der Waals surface area contributed by atoms with Crippen molar-refractivity contribution in [2.24, 2.45) is 9.98 Å². The van der Waals surface area contributed by atoms with E-state index in [-0.39, 0.29) is 0 Å². The highest BCUT2D eigenvalue weighted by Gasteiger charge is 2.05. The van der Waals surface area contributed by atoms with Gasteiger partial charge in [-0.25, -0.2) is 0 Å². The van der Waals surface area contributed by atoms with E-state index in [2.05, 4.69) is 73.7 Å². The Bertz CT molecular complexity index is 742. The number of hydrogen-bond donors (Lipinski definition) is 2. The molecule has 0 amide bonds. The molecular formula is C18H16Br4N2O2S2. The number of aliphatic imine (C=N–C) groups is 2. The van der Waals surface area contributed by atoms with Gasteiger partial charge in [0.25, 0.3) is 0 Å². The average molecular weight is 676 g/mol. The molecule has 2 aromatic carbocycles. The number of halogens is 4. The van der Waals surface area contributed by atoms with Crippen molar-refractivity contribution >= 4 is 97.7 Å². The third kappa shape index (κ3) is 9.88. The maximum absolute atomic E-state index is 9.96. The average Bonchev–Trinajstić information content (AvgIpc) is 2.60. The molecule has 2 N–H and O–H groups in total. The minimum Gasteiger partial charge on any atom is -0.371 e. The number of aliphatic hydroxyl groups is 2. The van der Waals surface area contributed by atoms with Crippen LogP contribution in [0.4, 0.5) is 0 Å². The molecule has 28 heavy (non-hydrogen) atoms. The van der Waals surface area contributed by atoms with Crippen molar-refractivity contribution in [3.63, 3.8) is 0 Å². The van der Waals surface area contributed by atoms with Crippen LogP contribution >= 0.6 is 85.3 Å². The Morgan fingerprint density at radius 1 is 0.679 bits per heavy atom. The zero-order chi connectivity index (χ0) is 20.5. The van der Waals surface area contributed by atoms with Crippen molar-refractivity contribution in [1.82, 2.24) is 0 Å². The van der Waals surface area contributed by atoms with E-state index in [0.29, 0.717) is 11.5 Å². The minimum atomic E-state index is -0.810. The number of nitrogens with zero attached hydrogens (tertiary/aromatic N) is 2. The summed E-state index contributed by atoms with van der Waals surface area (Å²) in [6.45, 7) is 0. The molecule has 0 radical (unpaired) electrons. The molecule has 10 heteroatoms. The predicted molar refractivity (Wildman–Crippen MR) is 136 cm³/mol. The van der Waals surface area contributed by atoms with Crippen molar-refractivity contribution in [2.75, 3.05) is 11.5 Å². The van der Waals surface area contributed by atoms with E-state index >= 15 is 0 Å². The Balaban J connectivity index is 1.71. The summed E-state index contributed by atoms with van der Waals surface area (Å²) in [7, 11) is 2.89. The smallest absolute Gasteiger partial charge is 0.154 e. The quantitative estimate of drug-likeness (QED) is 0.186. The van der Waals surface area contributed by atoms with Crippen LogP contribution in [-0.2, 0) is 0 Å². The molecule has 4 nitrogen and oxygen atoms in total. The molecule has 0 fully saturated rings. The number of benzene rings is 2. The summed E-state index contributed by atoms with van der Waals surface area (Å²) in [5, 5.41) is 19.9. The summed E-state index contributed by atoms with van der Waals surface area (Å²) in [6, 6.07) is 11.5. The zero-order valence-electron chi connectivity index (χ0n) is 14.3. The lowest BCUT2D eigenvalue weighted by Gasteiger charge is -2.07. The fourth-order valence-corrected chi connectivity index (χ4v) is 6.52. The van der Waals surface area contributed by atoms with E-state index in [1.807, 2.05) is 36.4 Å². The van der Waals surface area contributed by atoms with Gasteiger partial charge in [-0.05, 0) is 47.5 Å². The summed E-state index contributed by atoms with van der Waals surface area (Å²) < 4.78 is 3.75. The van der Waals surface area contributed by atoms with Gasteiger partial charge in [0.05, 0.1) is 11.5 Å². The van der Waals surface area contributed by atoms with Gasteiger partial charge in [0.1, 0.15) is 0 Å². The summed E-state index contributed by atoms with van der Waals surface area (Å²) in [5.74, 6) is 0.844. The molecule has 0 bridgehead atoms. The van der Waals surface area contributed by atoms with Crippen molar-refractivity contribution in [1.29, 1.82) is 0 Å². The second kappa shape index (κ2) is 12.9. The van der Waals surface area contributed by atoms with Gasteiger partial charge in [0.2, 0.25) is 0 Å². The highest BCUT2D eigenvalue weighted by molar-refractivity contribution is 9.11. The Hall–Kier alpha value is 0.320. The highest BCUT2D eigenvalue weighted by Crippen LogP contribution is 2.24. The van der Waals surface area contributed by atoms with E-state index in [1.165, 1.54) is 21.6 Å². The molecule has 0 aromatic heterocycles. The molecule has 2 unspecified atom stereocenters. The molecule has 0 saturated heterocycles. The largest absolute Gasteiger partial charge is 0.371 e. The number of rotatable bonds is 9. The molecule has 0 aliphatic rings. The number of hydrogen-bond acceptors (Lipinski definition) is 6. The second-order valence-electron chi connectivity index (χ2n) is 5.49. The molecule has 2 rings (SSSR count). The summed E-state index contributed by atoms with van der Waals surface area (Å²) in [4.78, 5) is 8.28. The standard InChI is InChI=1S/C18H16Br4N2O2S2/c19-13-1-11(2-14(20)5-13)7-23-17(25)9-27-28-10-18(26)24-8-12-3-15(21)6-16(22)4-12/h1-8,17-18,25-26H,9-10H2. The van der Waals surface area contributed by atoms with Gasteiger partial charge < -0.3 is 10.2 Å². The first kappa shape index (κ1) is 24.6. The molecule has 0 aliphatic heterocycles. The van der Waals surface area contributed by atoms with Gasteiger partial charge in [-0.2, -0.15) is 0 Å². The first-order valence-corrected chi connectivity index (χ1v) is 13.6. The van der Waals surface area contributed by atoms with E-state index in [1.54, 1.807) is 12.4 Å². The molecule has 0 spiro atoms. The molecule has 150 valence electrons. The zero-order valence-corrected chi connectivity index (χ0v) is 22.3. The Labute approximate surface area is 205 Å². The van der Waals surface area contributed by atoms with Crippen LogP contribution in [0.2, 0.25) is 0 Å². The lowest BCUT2D eigenvalue weighted by Crippen LogP contribution is -2.08. The summed E-state index contributed by atoms with van der Waals surface area (Å²) in [6.07, 6.45) is 1.66. The van der Waals surface area contributed by atoms with Crippen LogP contribution in [0.3, 0.4) is 0 Å². The SMILES string of the molecule is OC(CSSCC(O)N=Cc1cc(Br)cc(Br)c1)N=Cc1cc(Br)cc(Br)c1. The topological polar surface area (TPSA) is 65.2 Å². The fourth-order valence-electron chi connectivity index (χ4n) is 1.95. The Kier molecular flexibility index (Phi) is 11.3. The lowest BCUT2D eigenvalue weighted by atomic mass is 10.2. The fraction of sp³-hybridized carbons (Fsp3) is 0.222. The van der Waals surface area contributed by atoms with Gasteiger partial charge >= 0.3 is 0 Å². The van der Waals surface area contributed by atoms with E-state index in [4.69, 9.17) is 0 Å². The van der Waals surface area contributed by atoms with Crippen molar-refractivity contribution in [2.45, 2.75) is 12.5 Å². The van der Waals surface area contributed by atoms with Crippen LogP contribution in [0.15, 0.2) is 64.3 Å². The molecule has 2 atom stereocenters. The second-order valence-corrected chi connectivity index (χ2v) is 11.7. The van der Waals surface area contributed by atoms with Crippen LogP contribution < -0.4 is 0 Å². The Morgan fingerprint density at radius 2 is 1.00 bits per heavy atom. The Morgan fingerprint density at radius 3 is 1.32 bits per heavy atom. The number of aliphatic hydroxyl groups excluding tert-OH is 2. The van der Waals surface area contributed by atoms with Crippen molar-refractivity contribution in [3.8, 4) is 0 Å². The summed E-state index contributed by atoms with van der Waals surface area (Å²) >= 11 is 13.7. The van der Waals surface area contributed by atoms with Crippen LogP contribution in [0.5, 0.6) is 0 Å².